The van der Waals surface area contributed by atoms with Gasteiger partial charge >= 0.3 is 0 Å². The van der Waals surface area contributed by atoms with Gasteiger partial charge in [-0.05, 0) is 6.42 Å². The van der Waals surface area contributed by atoms with E-state index in [1.807, 2.05) is 6.92 Å². The van der Waals surface area contributed by atoms with Gasteiger partial charge in [-0.25, -0.2) is 4.21 Å². The Morgan fingerprint density at radius 2 is 2.25 bits per heavy atom. The summed E-state index contributed by atoms with van der Waals surface area (Å²) in [5.74, 6) is 0. The van der Waals surface area contributed by atoms with Crippen molar-refractivity contribution in [1.29, 1.82) is 0 Å². The second kappa shape index (κ2) is 3.37. The van der Waals surface area contributed by atoms with Crippen LogP contribution in [0.2, 0.25) is 0 Å². The molecule has 0 rings (SSSR count). The van der Waals surface area contributed by atoms with Crippen molar-refractivity contribution in [3.8, 4) is 0 Å². The van der Waals surface area contributed by atoms with E-state index in [0.29, 0.717) is 6.61 Å². The molecule has 0 aliphatic heterocycles. The molecule has 1 atom stereocenters. The van der Waals surface area contributed by atoms with Crippen molar-refractivity contribution in [2.45, 2.75) is 13.3 Å². The Labute approximate surface area is 55.1 Å². The predicted molar refractivity (Wildman–Crippen MR) is 37.7 cm³/mol. The molecular formula is C4H10O2S2. The van der Waals surface area contributed by atoms with Crippen LogP contribution in [-0.2, 0) is 24.1 Å². The van der Waals surface area contributed by atoms with Crippen LogP contribution in [0, 0.1) is 0 Å². The largest absolute Gasteiger partial charge is 0.290 e. The molecule has 4 heteroatoms. The van der Waals surface area contributed by atoms with Crippen LogP contribution in [0.4, 0.5) is 0 Å². The SMILES string of the molecule is CCCOS(C)(=O)=S. The quantitative estimate of drug-likeness (QED) is 0.598. The molecule has 0 N–H and O–H groups in total. The van der Waals surface area contributed by atoms with Gasteiger partial charge in [0.2, 0.25) is 0 Å². The first kappa shape index (κ1) is 8.33. The highest BCUT2D eigenvalue weighted by Gasteiger charge is 1.92. The molecule has 8 heavy (non-hydrogen) atoms. The van der Waals surface area contributed by atoms with Crippen LogP contribution in [-0.4, -0.2) is 17.1 Å². The molecule has 0 amide bonds. The lowest BCUT2D eigenvalue weighted by molar-refractivity contribution is 0.348. The van der Waals surface area contributed by atoms with E-state index < -0.39 is 8.77 Å². The first-order valence-corrected chi connectivity index (χ1v) is 5.22. The van der Waals surface area contributed by atoms with Crippen LogP contribution in [0.25, 0.3) is 0 Å². The number of rotatable bonds is 3. The van der Waals surface area contributed by atoms with Gasteiger partial charge < -0.3 is 0 Å². The Morgan fingerprint density at radius 1 is 1.75 bits per heavy atom. The molecular weight excluding hydrogens is 144 g/mol. The molecule has 0 bridgehead atoms. The maximum Gasteiger partial charge on any atom is 0.141 e. The fraction of sp³-hybridized carbons (Fsp3) is 1.00. The zero-order chi connectivity index (χ0) is 6.62. The third kappa shape index (κ3) is 6.33. The Balaban J connectivity index is 3.42. The van der Waals surface area contributed by atoms with Crippen LogP contribution in [0.1, 0.15) is 13.3 Å². The van der Waals surface area contributed by atoms with Gasteiger partial charge in [-0.2, -0.15) is 0 Å². The van der Waals surface area contributed by atoms with E-state index in [2.05, 4.69) is 11.2 Å². The van der Waals surface area contributed by atoms with E-state index in [0.717, 1.165) is 6.42 Å². The van der Waals surface area contributed by atoms with Gasteiger partial charge in [0.05, 0.1) is 6.61 Å². The minimum Gasteiger partial charge on any atom is -0.290 e. The van der Waals surface area contributed by atoms with Gasteiger partial charge in [-0.15, -0.1) is 0 Å². The fourth-order valence-corrected chi connectivity index (χ4v) is 0.908. The van der Waals surface area contributed by atoms with E-state index >= 15 is 0 Å². The Hall–Kier alpha value is 0.330. The lowest BCUT2D eigenvalue weighted by Crippen LogP contribution is -2.00. The summed E-state index contributed by atoms with van der Waals surface area (Å²) in [5.41, 5.74) is 0. The molecule has 50 valence electrons. The summed E-state index contributed by atoms with van der Waals surface area (Å²) in [6, 6.07) is 0. The fourth-order valence-electron chi connectivity index (χ4n) is 0.235. The summed E-state index contributed by atoms with van der Waals surface area (Å²) in [6.07, 6.45) is 2.28. The molecule has 0 radical (unpaired) electrons. The monoisotopic (exact) mass is 154 g/mol. The maximum absolute atomic E-state index is 10.5. The average Bonchev–Trinajstić information content (AvgIpc) is 1.59. The summed E-state index contributed by atoms with van der Waals surface area (Å²) >= 11 is 4.46. The van der Waals surface area contributed by atoms with Gasteiger partial charge in [-0.1, -0.05) is 6.92 Å². The highest BCUT2D eigenvalue weighted by atomic mass is 32.8. The topological polar surface area (TPSA) is 26.3 Å². The van der Waals surface area contributed by atoms with Crippen molar-refractivity contribution in [2.75, 3.05) is 12.9 Å². The molecule has 0 saturated heterocycles. The summed E-state index contributed by atoms with van der Waals surface area (Å²) in [6.45, 7) is 2.44. The van der Waals surface area contributed by atoms with Crippen molar-refractivity contribution >= 4 is 20.0 Å². The summed E-state index contributed by atoms with van der Waals surface area (Å²) in [5, 5.41) is 0. The molecule has 0 aliphatic rings. The van der Waals surface area contributed by atoms with Crippen molar-refractivity contribution in [2.24, 2.45) is 0 Å². The molecule has 2 nitrogen and oxygen atoms in total. The molecule has 0 spiro atoms. The van der Waals surface area contributed by atoms with E-state index in [9.17, 15) is 4.21 Å². The van der Waals surface area contributed by atoms with Gasteiger partial charge in [0, 0.05) is 17.4 Å². The summed E-state index contributed by atoms with van der Waals surface area (Å²) in [4.78, 5) is 0. The molecule has 0 aliphatic carbocycles. The summed E-state index contributed by atoms with van der Waals surface area (Å²) in [7, 11) is -2.35. The zero-order valence-corrected chi connectivity index (χ0v) is 6.68. The highest BCUT2D eigenvalue weighted by Crippen LogP contribution is 1.88. The molecule has 0 heterocycles. The van der Waals surface area contributed by atoms with E-state index in [-0.39, 0.29) is 0 Å². The Kier molecular flexibility index (Phi) is 3.51. The first-order chi connectivity index (χ1) is 3.56. The van der Waals surface area contributed by atoms with Crippen LogP contribution in [0.5, 0.6) is 0 Å². The smallest absolute Gasteiger partial charge is 0.141 e. The maximum atomic E-state index is 10.5. The van der Waals surface area contributed by atoms with E-state index in [4.69, 9.17) is 4.18 Å². The average molecular weight is 154 g/mol. The highest BCUT2D eigenvalue weighted by molar-refractivity contribution is 8.29. The van der Waals surface area contributed by atoms with Gasteiger partial charge in [0.15, 0.2) is 0 Å². The van der Waals surface area contributed by atoms with Crippen molar-refractivity contribution in [1.82, 2.24) is 0 Å². The number of hydrogen-bond acceptors (Lipinski definition) is 3. The number of hydrogen-bond donors (Lipinski definition) is 0. The van der Waals surface area contributed by atoms with Gasteiger partial charge in [-0.3, -0.25) is 4.18 Å². The molecule has 0 aromatic carbocycles. The van der Waals surface area contributed by atoms with E-state index in [1.54, 1.807) is 0 Å². The standard InChI is InChI=1S/C4H10O2S2/c1-3-4-6-8(2,5)7/h3-4H2,1-2H3. The summed E-state index contributed by atoms with van der Waals surface area (Å²) < 4.78 is 15.3. The first-order valence-electron chi connectivity index (χ1n) is 2.40. The van der Waals surface area contributed by atoms with Crippen molar-refractivity contribution in [3.05, 3.63) is 0 Å². The normalized spacial score (nSPS) is 17.8. The van der Waals surface area contributed by atoms with Crippen LogP contribution in [0.15, 0.2) is 0 Å². The third-order valence-electron chi connectivity index (χ3n) is 0.502. The van der Waals surface area contributed by atoms with Crippen molar-refractivity contribution < 1.29 is 8.39 Å². The van der Waals surface area contributed by atoms with Crippen LogP contribution < -0.4 is 0 Å². The molecule has 0 aromatic rings. The van der Waals surface area contributed by atoms with Crippen LogP contribution in [0.3, 0.4) is 0 Å². The minimum atomic E-state index is -2.35. The Bertz CT molecular complexity index is 136. The zero-order valence-electron chi connectivity index (χ0n) is 5.05. The van der Waals surface area contributed by atoms with E-state index in [1.165, 1.54) is 6.26 Å². The molecule has 0 aromatic heterocycles. The van der Waals surface area contributed by atoms with Crippen molar-refractivity contribution in [3.63, 3.8) is 0 Å². The third-order valence-corrected chi connectivity index (χ3v) is 1.39. The lowest BCUT2D eigenvalue weighted by Gasteiger charge is -1.97. The minimum absolute atomic E-state index is 0.499. The predicted octanol–water partition coefficient (Wildman–Crippen LogP) is 0.704. The van der Waals surface area contributed by atoms with Crippen LogP contribution >= 0.6 is 0 Å². The Morgan fingerprint density at radius 3 is 2.38 bits per heavy atom. The molecule has 0 fully saturated rings. The van der Waals surface area contributed by atoms with Gasteiger partial charge in [0.1, 0.15) is 8.77 Å². The second-order valence-electron chi connectivity index (χ2n) is 1.53. The lowest BCUT2D eigenvalue weighted by atomic mass is 10.5. The second-order valence-corrected chi connectivity index (χ2v) is 4.99. The molecule has 0 saturated carbocycles. The molecule has 1 unspecified atom stereocenters. The van der Waals surface area contributed by atoms with Gasteiger partial charge in [0.25, 0.3) is 0 Å².